The van der Waals surface area contributed by atoms with Crippen LogP contribution in [-0.2, 0) is 6.42 Å². The van der Waals surface area contributed by atoms with Crippen LogP contribution in [0.3, 0.4) is 0 Å². The van der Waals surface area contributed by atoms with Crippen LogP contribution in [0.2, 0.25) is 0 Å². The minimum absolute atomic E-state index is 0.0180. The third kappa shape index (κ3) is 3.38. The molecule has 0 spiro atoms. The maximum Gasteiger partial charge on any atom is 0.179 e. The van der Waals surface area contributed by atoms with Gasteiger partial charge in [-0.25, -0.2) is 0 Å². The van der Waals surface area contributed by atoms with Gasteiger partial charge >= 0.3 is 0 Å². The van der Waals surface area contributed by atoms with Gasteiger partial charge in [0.05, 0.1) is 5.88 Å². The SMILES string of the molecule is CCCCc1ccc(-n2c(C)cc(C(=O)CCl)c2C)cc1. The Balaban J connectivity index is 2.34. The Bertz CT molecular complexity index is 625. The van der Waals surface area contributed by atoms with Gasteiger partial charge in [0, 0.05) is 22.6 Å². The van der Waals surface area contributed by atoms with E-state index in [0.29, 0.717) is 0 Å². The first-order valence-corrected chi connectivity index (χ1v) is 7.99. The summed E-state index contributed by atoms with van der Waals surface area (Å²) < 4.78 is 2.11. The molecule has 0 aliphatic carbocycles. The Hall–Kier alpha value is -1.54. The molecule has 0 unspecified atom stereocenters. The van der Waals surface area contributed by atoms with Gasteiger partial charge in [0.15, 0.2) is 5.78 Å². The molecule has 0 fully saturated rings. The number of Topliss-reactive ketones (excluding diaryl/α,β-unsaturated/α-hetero) is 1. The molecule has 3 heteroatoms. The Labute approximate surface area is 131 Å². The Morgan fingerprint density at radius 2 is 1.86 bits per heavy atom. The number of nitrogens with zero attached hydrogens (tertiary/aromatic N) is 1. The van der Waals surface area contributed by atoms with Crippen LogP contribution in [0, 0.1) is 13.8 Å². The average Bonchev–Trinajstić information content (AvgIpc) is 2.80. The summed E-state index contributed by atoms with van der Waals surface area (Å²) in [5.41, 5.74) is 5.19. The lowest BCUT2D eigenvalue weighted by atomic mass is 10.1. The van der Waals surface area contributed by atoms with Gasteiger partial charge in [0.25, 0.3) is 0 Å². The number of aryl methyl sites for hydroxylation is 2. The van der Waals surface area contributed by atoms with Crippen molar-refractivity contribution in [2.45, 2.75) is 40.0 Å². The predicted molar refractivity (Wildman–Crippen MR) is 88.9 cm³/mol. The summed E-state index contributed by atoms with van der Waals surface area (Å²) in [6.07, 6.45) is 3.55. The topological polar surface area (TPSA) is 22.0 Å². The molecule has 0 atom stereocenters. The highest BCUT2D eigenvalue weighted by Crippen LogP contribution is 2.22. The molecule has 1 aromatic heterocycles. The third-order valence-electron chi connectivity index (χ3n) is 3.87. The first-order valence-electron chi connectivity index (χ1n) is 7.46. The van der Waals surface area contributed by atoms with Gasteiger partial charge in [-0.15, -0.1) is 11.6 Å². The van der Waals surface area contributed by atoms with Crippen molar-refractivity contribution in [1.29, 1.82) is 0 Å². The van der Waals surface area contributed by atoms with E-state index in [2.05, 4.69) is 35.8 Å². The summed E-state index contributed by atoms with van der Waals surface area (Å²) in [5.74, 6) is 0.0100. The van der Waals surface area contributed by atoms with Crippen molar-refractivity contribution in [1.82, 2.24) is 4.57 Å². The molecular formula is C18H22ClNO. The second kappa shape index (κ2) is 6.95. The number of halogens is 1. The summed E-state index contributed by atoms with van der Waals surface area (Å²) in [5, 5.41) is 0. The van der Waals surface area contributed by atoms with Crippen molar-refractivity contribution in [2.24, 2.45) is 0 Å². The lowest BCUT2D eigenvalue weighted by Gasteiger charge is -2.11. The number of carbonyl (C=O) groups is 1. The van der Waals surface area contributed by atoms with E-state index in [1.54, 1.807) is 0 Å². The number of ketones is 1. The first kappa shape index (κ1) is 15.8. The molecule has 0 amide bonds. The van der Waals surface area contributed by atoms with Crippen LogP contribution < -0.4 is 0 Å². The molecule has 0 aliphatic rings. The van der Waals surface area contributed by atoms with E-state index in [1.165, 1.54) is 18.4 Å². The van der Waals surface area contributed by atoms with Crippen LogP contribution in [0.4, 0.5) is 0 Å². The normalized spacial score (nSPS) is 10.9. The monoisotopic (exact) mass is 303 g/mol. The summed E-state index contributed by atoms with van der Waals surface area (Å²) >= 11 is 5.68. The molecule has 0 saturated carbocycles. The van der Waals surface area contributed by atoms with Gasteiger partial charge in [-0.3, -0.25) is 4.79 Å². The smallest absolute Gasteiger partial charge is 0.179 e. The fraction of sp³-hybridized carbons (Fsp3) is 0.389. The van der Waals surface area contributed by atoms with Gasteiger partial charge in [0.1, 0.15) is 0 Å². The standard InChI is InChI=1S/C18H22ClNO/c1-4-5-6-15-7-9-16(10-8-15)20-13(2)11-17(14(20)3)18(21)12-19/h7-11H,4-6,12H2,1-3H3. The van der Waals surface area contributed by atoms with Gasteiger partial charge in [-0.1, -0.05) is 25.5 Å². The second-order valence-corrected chi connectivity index (χ2v) is 5.71. The highest BCUT2D eigenvalue weighted by atomic mass is 35.5. The molecule has 2 nitrogen and oxygen atoms in total. The van der Waals surface area contributed by atoms with Crippen molar-refractivity contribution in [3.63, 3.8) is 0 Å². The van der Waals surface area contributed by atoms with Crippen LogP contribution in [0.1, 0.15) is 47.1 Å². The molecule has 0 N–H and O–H groups in total. The van der Waals surface area contributed by atoms with Crippen LogP contribution in [0.25, 0.3) is 5.69 Å². The maximum atomic E-state index is 11.9. The number of hydrogen-bond donors (Lipinski definition) is 0. The van der Waals surface area contributed by atoms with E-state index in [-0.39, 0.29) is 11.7 Å². The van der Waals surface area contributed by atoms with Crippen molar-refractivity contribution in [2.75, 3.05) is 5.88 Å². The lowest BCUT2D eigenvalue weighted by molar-refractivity contribution is 0.102. The number of aromatic nitrogens is 1. The molecular weight excluding hydrogens is 282 g/mol. The zero-order valence-corrected chi connectivity index (χ0v) is 13.7. The van der Waals surface area contributed by atoms with E-state index >= 15 is 0 Å². The van der Waals surface area contributed by atoms with Gasteiger partial charge in [-0.05, 0) is 50.5 Å². The number of hydrogen-bond acceptors (Lipinski definition) is 1. The largest absolute Gasteiger partial charge is 0.318 e. The number of unbranched alkanes of at least 4 members (excludes halogenated alkanes) is 1. The minimum atomic E-state index is -0.0180. The zero-order chi connectivity index (χ0) is 15.4. The lowest BCUT2D eigenvalue weighted by Crippen LogP contribution is -2.04. The molecule has 0 saturated heterocycles. The third-order valence-corrected chi connectivity index (χ3v) is 4.11. The molecule has 21 heavy (non-hydrogen) atoms. The van der Waals surface area contributed by atoms with Crippen LogP contribution in [0.5, 0.6) is 0 Å². The van der Waals surface area contributed by atoms with E-state index in [9.17, 15) is 4.79 Å². The number of carbonyl (C=O) groups excluding carboxylic acids is 1. The molecule has 0 aliphatic heterocycles. The average molecular weight is 304 g/mol. The first-order chi connectivity index (χ1) is 10.1. The highest BCUT2D eigenvalue weighted by molar-refractivity contribution is 6.30. The molecule has 1 heterocycles. The Kier molecular flexibility index (Phi) is 5.24. The van der Waals surface area contributed by atoms with Crippen molar-refractivity contribution < 1.29 is 4.79 Å². The summed E-state index contributed by atoms with van der Waals surface area (Å²) in [6, 6.07) is 10.5. The van der Waals surface area contributed by atoms with Gasteiger partial charge < -0.3 is 4.57 Å². The summed E-state index contributed by atoms with van der Waals surface area (Å²) in [7, 11) is 0. The molecule has 112 valence electrons. The number of benzene rings is 1. The molecule has 2 aromatic rings. The Morgan fingerprint density at radius 3 is 2.43 bits per heavy atom. The van der Waals surface area contributed by atoms with E-state index in [1.807, 2.05) is 19.9 Å². The zero-order valence-electron chi connectivity index (χ0n) is 12.9. The van der Waals surface area contributed by atoms with E-state index in [4.69, 9.17) is 11.6 Å². The highest BCUT2D eigenvalue weighted by Gasteiger charge is 2.15. The molecule has 0 radical (unpaired) electrons. The minimum Gasteiger partial charge on any atom is -0.318 e. The van der Waals surface area contributed by atoms with Crippen molar-refractivity contribution in [3.05, 3.63) is 52.8 Å². The molecule has 0 bridgehead atoms. The van der Waals surface area contributed by atoms with Crippen molar-refractivity contribution in [3.8, 4) is 5.69 Å². The quantitative estimate of drug-likeness (QED) is 0.552. The van der Waals surface area contributed by atoms with E-state index in [0.717, 1.165) is 29.1 Å². The van der Waals surface area contributed by atoms with Gasteiger partial charge in [0.2, 0.25) is 0 Å². The second-order valence-electron chi connectivity index (χ2n) is 5.45. The predicted octanol–water partition coefficient (Wildman–Crippen LogP) is 4.86. The number of alkyl halides is 1. The maximum absolute atomic E-state index is 11.9. The fourth-order valence-electron chi connectivity index (χ4n) is 2.71. The molecule has 1 aromatic carbocycles. The number of rotatable bonds is 6. The van der Waals surface area contributed by atoms with Crippen molar-refractivity contribution >= 4 is 17.4 Å². The molecule has 2 rings (SSSR count). The van der Waals surface area contributed by atoms with Crippen LogP contribution in [0.15, 0.2) is 30.3 Å². The van der Waals surface area contributed by atoms with Gasteiger partial charge in [-0.2, -0.15) is 0 Å². The van der Waals surface area contributed by atoms with Crippen LogP contribution >= 0.6 is 11.6 Å². The van der Waals surface area contributed by atoms with Crippen LogP contribution in [-0.4, -0.2) is 16.2 Å². The van der Waals surface area contributed by atoms with E-state index < -0.39 is 0 Å². The summed E-state index contributed by atoms with van der Waals surface area (Å²) in [6.45, 7) is 6.19. The fourth-order valence-corrected chi connectivity index (χ4v) is 2.85. The summed E-state index contributed by atoms with van der Waals surface area (Å²) in [4.78, 5) is 11.9. The Morgan fingerprint density at radius 1 is 1.19 bits per heavy atom.